The Morgan fingerprint density at radius 3 is 2.45 bits per heavy atom. The van der Waals surface area contributed by atoms with E-state index in [1.807, 2.05) is 0 Å². The SMILES string of the molecule is Cc1cc(N)c(F)c(F)c1O. The monoisotopic (exact) mass is 159 g/mol. The zero-order valence-corrected chi connectivity index (χ0v) is 5.86. The molecule has 0 fully saturated rings. The van der Waals surface area contributed by atoms with E-state index < -0.39 is 17.4 Å². The lowest BCUT2D eigenvalue weighted by Gasteiger charge is -2.03. The van der Waals surface area contributed by atoms with Gasteiger partial charge < -0.3 is 10.8 Å². The first-order valence-electron chi connectivity index (χ1n) is 2.97. The summed E-state index contributed by atoms with van der Waals surface area (Å²) in [7, 11) is 0. The Bertz CT molecular complexity index is 273. The van der Waals surface area contributed by atoms with Gasteiger partial charge in [0.05, 0.1) is 5.69 Å². The van der Waals surface area contributed by atoms with E-state index in [0.717, 1.165) is 0 Å². The van der Waals surface area contributed by atoms with Crippen molar-refractivity contribution < 1.29 is 13.9 Å². The summed E-state index contributed by atoms with van der Waals surface area (Å²) in [4.78, 5) is 0. The van der Waals surface area contributed by atoms with Gasteiger partial charge in [-0.1, -0.05) is 0 Å². The molecular weight excluding hydrogens is 152 g/mol. The predicted molar refractivity (Wildman–Crippen MR) is 37.2 cm³/mol. The molecule has 0 saturated heterocycles. The van der Waals surface area contributed by atoms with Gasteiger partial charge in [-0.25, -0.2) is 4.39 Å². The Morgan fingerprint density at radius 1 is 1.36 bits per heavy atom. The zero-order valence-electron chi connectivity index (χ0n) is 5.86. The van der Waals surface area contributed by atoms with Crippen LogP contribution in [0.4, 0.5) is 14.5 Å². The van der Waals surface area contributed by atoms with Crippen molar-refractivity contribution in [1.82, 2.24) is 0 Å². The minimum absolute atomic E-state index is 0.224. The number of nitrogens with two attached hydrogens (primary N) is 1. The van der Waals surface area contributed by atoms with Crippen LogP contribution in [0.25, 0.3) is 0 Å². The van der Waals surface area contributed by atoms with Crippen LogP contribution in [0.15, 0.2) is 6.07 Å². The summed E-state index contributed by atoms with van der Waals surface area (Å²) in [5, 5.41) is 8.84. The molecule has 0 unspecified atom stereocenters. The summed E-state index contributed by atoms with van der Waals surface area (Å²) in [5.41, 5.74) is 4.99. The molecular formula is C7H7F2NO. The number of hydrogen-bond donors (Lipinski definition) is 2. The minimum atomic E-state index is -1.29. The lowest BCUT2D eigenvalue weighted by atomic mass is 10.2. The number of anilines is 1. The number of nitrogen functional groups attached to an aromatic ring is 1. The fourth-order valence-electron chi connectivity index (χ4n) is 0.769. The van der Waals surface area contributed by atoms with Crippen LogP contribution in [0.1, 0.15) is 5.56 Å². The third kappa shape index (κ3) is 1.11. The topological polar surface area (TPSA) is 46.2 Å². The van der Waals surface area contributed by atoms with Crippen LogP contribution in [0, 0.1) is 18.6 Å². The quantitative estimate of drug-likeness (QED) is 0.445. The highest BCUT2D eigenvalue weighted by atomic mass is 19.2. The van der Waals surface area contributed by atoms with E-state index in [0.29, 0.717) is 0 Å². The summed E-state index contributed by atoms with van der Waals surface area (Å²) in [6, 6.07) is 1.17. The number of rotatable bonds is 0. The van der Waals surface area contributed by atoms with Crippen LogP contribution in [0.2, 0.25) is 0 Å². The summed E-state index contributed by atoms with van der Waals surface area (Å²) in [5.74, 6) is -3.17. The molecule has 11 heavy (non-hydrogen) atoms. The highest BCUT2D eigenvalue weighted by molar-refractivity contribution is 5.49. The molecule has 0 aliphatic rings. The molecule has 4 heteroatoms. The maximum Gasteiger partial charge on any atom is 0.202 e. The predicted octanol–water partition coefficient (Wildman–Crippen LogP) is 1.56. The molecule has 1 aromatic carbocycles. The van der Waals surface area contributed by atoms with Gasteiger partial charge in [-0.2, -0.15) is 4.39 Å². The molecule has 60 valence electrons. The average Bonchev–Trinajstić information content (AvgIpc) is 1.97. The molecule has 0 spiro atoms. The highest BCUT2D eigenvalue weighted by Gasteiger charge is 2.13. The Balaban J connectivity index is 3.46. The molecule has 0 aromatic heterocycles. The van der Waals surface area contributed by atoms with Gasteiger partial charge >= 0.3 is 0 Å². The number of benzene rings is 1. The van der Waals surface area contributed by atoms with Crippen molar-refractivity contribution in [3.8, 4) is 5.75 Å². The largest absolute Gasteiger partial charge is 0.505 e. The third-order valence-electron chi connectivity index (χ3n) is 1.40. The van der Waals surface area contributed by atoms with Gasteiger partial charge in [0, 0.05) is 0 Å². The first-order valence-corrected chi connectivity index (χ1v) is 2.97. The molecule has 1 aromatic rings. The first kappa shape index (κ1) is 7.78. The fraction of sp³-hybridized carbons (Fsp3) is 0.143. The molecule has 0 radical (unpaired) electrons. The van der Waals surface area contributed by atoms with E-state index in [1.54, 1.807) is 0 Å². The van der Waals surface area contributed by atoms with Gasteiger partial charge in [0.1, 0.15) is 0 Å². The second-order valence-electron chi connectivity index (χ2n) is 2.26. The number of aryl methyl sites for hydroxylation is 1. The summed E-state index contributed by atoms with van der Waals surface area (Å²) in [6.45, 7) is 1.44. The van der Waals surface area contributed by atoms with E-state index in [2.05, 4.69) is 0 Å². The van der Waals surface area contributed by atoms with Crippen LogP contribution in [0.3, 0.4) is 0 Å². The van der Waals surface area contributed by atoms with E-state index in [1.165, 1.54) is 13.0 Å². The highest BCUT2D eigenvalue weighted by Crippen LogP contribution is 2.26. The van der Waals surface area contributed by atoms with Crippen molar-refractivity contribution in [1.29, 1.82) is 0 Å². The fourth-order valence-corrected chi connectivity index (χ4v) is 0.769. The lowest BCUT2D eigenvalue weighted by Crippen LogP contribution is -1.96. The van der Waals surface area contributed by atoms with Crippen molar-refractivity contribution in [3.63, 3.8) is 0 Å². The lowest BCUT2D eigenvalue weighted by molar-refractivity contribution is 0.405. The molecule has 0 bridgehead atoms. The second-order valence-corrected chi connectivity index (χ2v) is 2.26. The summed E-state index contributed by atoms with van der Waals surface area (Å²) < 4.78 is 25.1. The Kier molecular flexibility index (Phi) is 1.68. The van der Waals surface area contributed by atoms with Gasteiger partial charge in [0.25, 0.3) is 0 Å². The Hall–Kier alpha value is -1.32. The van der Waals surface area contributed by atoms with E-state index >= 15 is 0 Å². The van der Waals surface area contributed by atoms with Crippen LogP contribution < -0.4 is 5.73 Å². The first-order chi connectivity index (χ1) is 5.04. The molecule has 0 amide bonds. The van der Waals surface area contributed by atoms with Gasteiger partial charge in [0.15, 0.2) is 11.6 Å². The average molecular weight is 159 g/mol. The molecule has 0 saturated carbocycles. The third-order valence-corrected chi connectivity index (χ3v) is 1.40. The van der Waals surface area contributed by atoms with Crippen LogP contribution in [-0.4, -0.2) is 5.11 Å². The van der Waals surface area contributed by atoms with E-state index in [-0.39, 0.29) is 11.3 Å². The molecule has 0 atom stereocenters. The number of phenols is 1. The molecule has 1 rings (SSSR count). The number of phenolic OH excluding ortho intramolecular Hbond substituents is 1. The van der Waals surface area contributed by atoms with Crippen molar-refractivity contribution >= 4 is 5.69 Å². The number of aromatic hydroxyl groups is 1. The van der Waals surface area contributed by atoms with Crippen molar-refractivity contribution in [2.24, 2.45) is 0 Å². The Morgan fingerprint density at radius 2 is 1.91 bits per heavy atom. The second kappa shape index (κ2) is 2.38. The van der Waals surface area contributed by atoms with Gasteiger partial charge in [-0.05, 0) is 18.6 Å². The maximum absolute atomic E-state index is 12.5. The van der Waals surface area contributed by atoms with E-state index in [4.69, 9.17) is 10.8 Å². The van der Waals surface area contributed by atoms with Crippen molar-refractivity contribution in [2.45, 2.75) is 6.92 Å². The van der Waals surface area contributed by atoms with Gasteiger partial charge in [0.2, 0.25) is 5.82 Å². The molecule has 0 aliphatic carbocycles. The molecule has 0 aliphatic heterocycles. The standard InChI is InChI=1S/C7H7F2NO/c1-3-2-4(10)5(8)6(9)7(3)11/h2,11H,10H2,1H3. The minimum Gasteiger partial charge on any atom is -0.505 e. The zero-order chi connectivity index (χ0) is 8.59. The van der Waals surface area contributed by atoms with Crippen LogP contribution >= 0.6 is 0 Å². The van der Waals surface area contributed by atoms with Gasteiger partial charge in [-0.3, -0.25) is 0 Å². The number of hydrogen-bond acceptors (Lipinski definition) is 2. The Labute approximate surface area is 62.3 Å². The summed E-state index contributed by atoms with van der Waals surface area (Å²) in [6.07, 6.45) is 0. The normalized spacial score (nSPS) is 10.1. The van der Waals surface area contributed by atoms with Crippen LogP contribution in [-0.2, 0) is 0 Å². The van der Waals surface area contributed by atoms with Crippen molar-refractivity contribution in [3.05, 3.63) is 23.3 Å². The molecule has 0 heterocycles. The van der Waals surface area contributed by atoms with Crippen molar-refractivity contribution in [2.75, 3.05) is 5.73 Å². The molecule has 3 N–H and O–H groups in total. The van der Waals surface area contributed by atoms with Gasteiger partial charge in [-0.15, -0.1) is 0 Å². The molecule has 2 nitrogen and oxygen atoms in total. The van der Waals surface area contributed by atoms with E-state index in [9.17, 15) is 8.78 Å². The summed E-state index contributed by atoms with van der Waals surface area (Å²) >= 11 is 0. The number of halogens is 2. The van der Waals surface area contributed by atoms with Crippen LogP contribution in [0.5, 0.6) is 5.75 Å². The smallest absolute Gasteiger partial charge is 0.202 e. The maximum atomic E-state index is 12.5.